The molecule has 4 nitrogen and oxygen atoms in total. The van der Waals surface area contributed by atoms with Gasteiger partial charge in [0.25, 0.3) is 0 Å². The highest BCUT2D eigenvalue weighted by molar-refractivity contribution is 5.94. The Morgan fingerprint density at radius 2 is 1.68 bits per heavy atom. The molecule has 0 amide bonds. The summed E-state index contributed by atoms with van der Waals surface area (Å²) in [5, 5.41) is 3.34. The molecule has 0 spiro atoms. The third-order valence-electron chi connectivity index (χ3n) is 4.65. The summed E-state index contributed by atoms with van der Waals surface area (Å²) in [6.07, 6.45) is 3.67. The third kappa shape index (κ3) is 6.46. The lowest BCUT2D eigenvalue weighted by atomic mass is 9.96. The van der Waals surface area contributed by atoms with E-state index in [0.717, 1.165) is 16.7 Å². The summed E-state index contributed by atoms with van der Waals surface area (Å²) in [4.78, 5) is 24.8. The number of allylic oxidation sites excluding steroid dienone is 1. The second-order valence-electron chi connectivity index (χ2n) is 7.29. The van der Waals surface area contributed by atoms with Crippen molar-refractivity contribution in [3.63, 3.8) is 0 Å². The number of nitrogens with one attached hydrogen (secondary N) is 1. The molecule has 2 aromatic rings. The van der Waals surface area contributed by atoms with Crippen molar-refractivity contribution in [2.24, 2.45) is 5.92 Å². The fraction of sp³-hybridized carbons (Fsp3) is 0.333. The van der Waals surface area contributed by atoms with Gasteiger partial charge in [-0.25, -0.2) is 0 Å². The van der Waals surface area contributed by atoms with E-state index >= 15 is 0 Å². The summed E-state index contributed by atoms with van der Waals surface area (Å²) in [7, 11) is 1.38. The highest BCUT2D eigenvalue weighted by Gasteiger charge is 2.27. The largest absolute Gasteiger partial charge is 0.468 e. The van der Waals surface area contributed by atoms with E-state index in [-0.39, 0.29) is 30.1 Å². The molecule has 0 aliphatic carbocycles. The maximum absolute atomic E-state index is 12.6. The second kappa shape index (κ2) is 10.6. The van der Waals surface area contributed by atoms with Gasteiger partial charge >= 0.3 is 5.97 Å². The van der Waals surface area contributed by atoms with Crippen LogP contribution in [0.4, 0.5) is 0 Å². The van der Waals surface area contributed by atoms with Gasteiger partial charge in [0.15, 0.2) is 5.78 Å². The van der Waals surface area contributed by atoms with Crippen LogP contribution in [0.1, 0.15) is 43.0 Å². The molecule has 0 fully saturated rings. The first-order valence-electron chi connectivity index (χ1n) is 9.57. The maximum atomic E-state index is 12.6. The second-order valence-corrected chi connectivity index (χ2v) is 7.29. The number of hydrogen-bond acceptors (Lipinski definition) is 4. The van der Waals surface area contributed by atoms with Crippen molar-refractivity contribution in [2.75, 3.05) is 7.11 Å². The van der Waals surface area contributed by atoms with Gasteiger partial charge in [-0.1, -0.05) is 80.1 Å². The van der Waals surface area contributed by atoms with Crippen molar-refractivity contribution >= 4 is 17.8 Å². The SMILES string of the molecule is COC(=O)[C@@H](NC(CC(=O)/C=C/c1ccccc1)c1ccc(C)cc1)C(C)C. The fourth-order valence-electron chi connectivity index (χ4n) is 2.97. The minimum Gasteiger partial charge on any atom is -0.468 e. The molecule has 2 rings (SSSR count). The summed E-state index contributed by atoms with van der Waals surface area (Å²) in [5.41, 5.74) is 3.10. The van der Waals surface area contributed by atoms with Gasteiger partial charge < -0.3 is 4.74 Å². The number of benzene rings is 2. The number of esters is 1. The van der Waals surface area contributed by atoms with Gasteiger partial charge in [0, 0.05) is 12.5 Å². The molecule has 2 aromatic carbocycles. The number of ether oxygens (including phenoxy) is 1. The Morgan fingerprint density at radius 1 is 1.04 bits per heavy atom. The van der Waals surface area contributed by atoms with Gasteiger partial charge in [-0.3, -0.25) is 14.9 Å². The molecule has 28 heavy (non-hydrogen) atoms. The number of carbonyl (C=O) groups is 2. The van der Waals surface area contributed by atoms with Crippen molar-refractivity contribution in [2.45, 2.75) is 39.3 Å². The molecule has 0 aliphatic rings. The van der Waals surface area contributed by atoms with E-state index in [1.165, 1.54) is 7.11 Å². The molecular weight excluding hydrogens is 350 g/mol. The summed E-state index contributed by atoms with van der Waals surface area (Å²) in [5.74, 6) is -0.288. The molecule has 148 valence electrons. The van der Waals surface area contributed by atoms with E-state index in [4.69, 9.17) is 4.74 Å². The molecule has 0 radical (unpaired) electrons. The molecule has 1 N–H and O–H groups in total. The highest BCUT2D eigenvalue weighted by Crippen LogP contribution is 2.21. The van der Waals surface area contributed by atoms with E-state index < -0.39 is 6.04 Å². The highest BCUT2D eigenvalue weighted by atomic mass is 16.5. The van der Waals surface area contributed by atoms with Gasteiger partial charge in [0.2, 0.25) is 0 Å². The van der Waals surface area contributed by atoms with Gasteiger partial charge in [-0.05, 0) is 30.0 Å². The summed E-state index contributed by atoms with van der Waals surface area (Å²) >= 11 is 0. The molecule has 0 bridgehead atoms. The average Bonchev–Trinajstić information content (AvgIpc) is 2.70. The Morgan fingerprint density at radius 3 is 2.25 bits per heavy atom. The maximum Gasteiger partial charge on any atom is 0.323 e. The van der Waals surface area contributed by atoms with Gasteiger partial charge in [0.1, 0.15) is 6.04 Å². The Bertz CT molecular complexity index is 794. The van der Waals surface area contributed by atoms with Crippen LogP contribution < -0.4 is 5.32 Å². The van der Waals surface area contributed by atoms with Crippen LogP contribution in [-0.2, 0) is 14.3 Å². The molecule has 4 heteroatoms. The Hall–Kier alpha value is -2.72. The third-order valence-corrected chi connectivity index (χ3v) is 4.65. The van der Waals surface area contributed by atoms with Crippen molar-refractivity contribution in [1.82, 2.24) is 5.32 Å². The van der Waals surface area contributed by atoms with Crippen molar-refractivity contribution in [1.29, 1.82) is 0 Å². The van der Waals surface area contributed by atoms with Gasteiger partial charge in [-0.15, -0.1) is 0 Å². The minimum atomic E-state index is -0.484. The van der Waals surface area contributed by atoms with E-state index in [1.807, 2.05) is 81.4 Å². The molecule has 0 aromatic heterocycles. The van der Waals surface area contributed by atoms with Crippen LogP contribution in [0.15, 0.2) is 60.7 Å². The van der Waals surface area contributed by atoms with Crippen LogP contribution in [0.25, 0.3) is 6.08 Å². The summed E-state index contributed by atoms with van der Waals surface area (Å²) in [6.45, 7) is 5.93. The minimum absolute atomic E-state index is 0.00528. The van der Waals surface area contributed by atoms with Crippen LogP contribution in [0, 0.1) is 12.8 Å². The standard InChI is InChI=1S/C24H29NO3/c1-17(2)23(24(27)28-4)25-22(20-13-10-18(3)11-14-20)16-21(26)15-12-19-8-6-5-7-9-19/h5-15,17,22-23,25H,16H2,1-4H3/b15-12+/t22?,23-/m0/s1. The fourth-order valence-corrected chi connectivity index (χ4v) is 2.97. The molecule has 0 aliphatic heterocycles. The zero-order valence-corrected chi connectivity index (χ0v) is 17.0. The Balaban J connectivity index is 2.20. The topological polar surface area (TPSA) is 55.4 Å². The monoisotopic (exact) mass is 379 g/mol. The lowest BCUT2D eigenvalue weighted by molar-refractivity contribution is -0.144. The van der Waals surface area contributed by atoms with E-state index in [2.05, 4.69) is 5.32 Å². The van der Waals surface area contributed by atoms with E-state index in [1.54, 1.807) is 6.08 Å². The van der Waals surface area contributed by atoms with Gasteiger partial charge in [-0.2, -0.15) is 0 Å². The Kier molecular flexibility index (Phi) is 8.15. The molecule has 0 heterocycles. The lowest BCUT2D eigenvalue weighted by Crippen LogP contribution is -2.44. The van der Waals surface area contributed by atoms with Crippen LogP contribution in [0.3, 0.4) is 0 Å². The quantitative estimate of drug-likeness (QED) is 0.515. The van der Waals surface area contributed by atoms with Crippen LogP contribution >= 0.6 is 0 Å². The molecular formula is C24H29NO3. The van der Waals surface area contributed by atoms with Crippen LogP contribution in [0.5, 0.6) is 0 Å². The molecule has 2 atom stereocenters. The van der Waals surface area contributed by atoms with E-state index in [9.17, 15) is 9.59 Å². The smallest absolute Gasteiger partial charge is 0.323 e. The van der Waals surface area contributed by atoms with Crippen molar-refractivity contribution in [3.05, 3.63) is 77.4 Å². The first kappa shape index (κ1) is 21.6. The number of aryl methyl sites for hydroxylation is 1. The van der Waals surface area contributed by atoms with Crippen molar-refractivity contribution in [3.8, 4) is 0 Å². The van der Waals surface area contributed by atoms with Crippen LogP contribution in [-0.4, -0.2) is 24.9 Å². The number of ketones is 1. The number of rotatable bonds is 9. The summed E-state index contributed by atoms with van der Waals surface area (Å²) < 4.78 is 4.94. The number of methoxy groups -OCH3 is 1. The lowest BCUT2D eigenvalue weighted by Gasteiger charge is -2.26. The predicted molar refractivity (Wildman–Crippen MR) is 113 cm³/mol. The Labute approximate surface area is 167 Å². The first-order chi connectivity index (χ1) is 13.4. The zero-order valence-electron chi connectivity index (χ0n) is 17.0. The normalized spacial score (nSPS) is 13.5. The molecule has 1 unspecified atom stereocenters. The summed E-state index contributed by atoms with van der Waals surface area (Å²) in [6, 6.07) is 17.0. The van der Waals surface area contributed by atoms with Crippen molar-refractivity contribution < 1.29 is 14.3 Å². The average molecular weight is 380 g/mol. The van der Waals surface area contributed by atoms with Crippen LogP contribution in [0.2, 0.25) is 0 Å². The molecule has 0 saturated heterocycles. The molecule has 0 saturated carbocycles. The zero-order chi connectivity index (χ0) is 20.5. The number of hydrogen-bond donors (Lipinski definition) is 1. The van der Waals surface area contributed by atoms with E-state index in [0.29, 0.717) is 0 Å². The first-order valence-corrected chi connectivity index (χ1v) is 9.57. The predicted octanol–water partition coefficient (Wildman–Crippen LogP) is 4.50. The van der Waals surface area contributed by atoms with Gasteiger partial charge in [0.05, 0.1) is 7.11 Å². The number of carbonyl (C=O) groups excluding carboxylic acids is 2.